The van der Waals surface area contributed by atoms with Crippen molar-refractivity contribution in [2.45, 2.75) is 18.7 Å². The molecule has 3 rings (SSSR count). The van der Waals surface area contributed by atoms with Gasteiger partial charge in [-0.3, -0.25) is 4.79 Å². The molecule has 0 aliphatic rings. The molecule has 3 aromatic carbocycles. The minimum Gasteiger partial charge on any atom is -0.482 e. The van der Waals surface area contributed by atoms with Gasteiger partial charge in [0, 0.05) is 18.1 Å². The van der Waals surface area contributed by atoms with Gasteiger partial charge in [-0.05, 0) is 42.5 Å². The number of rotatable bonds is 10. The van der Waals surface area contributed by atoms with Crippen molar-refractivity contribution >= 4 is 33.2 Å². The van der Waals surface area contributed by atoms with Crippen molar-refractivity contribution in [3.63, 3.8) is 0 Å². The van der Waals surface area contributed by atoms with Crippen LogP contribution < -0.4 is 14.8 Å². The Morgan fingerprint density at radius 1 is 0.939 bits per heavy atom. The summed E-state index contributed by atoms with van der Waals surface area (Å²) in [5.41, 5.74) is 0.460. The van der Waals surface area contributed by atoms with Crippen LogP contribution in [0.3, 0.4) is 0 Å². The number of carbonyl (C=O) groups excluding carboxylic acids is 1. The summed E-state index contributed by atoms with van der Waals surface area (Å²) in [5, 5.41) is 3.00. The number of halogens is 1. The molecule has 0 aliphatic heterocycles. The Hall–Kier alpha value is -3.07. The Kier molecular flexibility index (Phi) is 8.32. The molecule has 0 saturated heterocycles. The van der Waals surface area contributed by atoms with E-state index in [0.29, 0.717) is 30.3 Å². The average Bonchev–Trinajstić information content (AvgIpc) is 2.81. The molecule has 0 spiro atoms. The largest absolute Gasteiger partial charge is 0.482 e. The molecule has 0 aliphatic carbocycles. The molecule has 1 N–H and O–H groups in total. The van der Waals surface area contributed by atoms with Gasteiger partial charge >= 0.3 is 0 Å². The van der Waals surface area contributed by atoms with Gasteiger partial charge in [0.1, 0.15) is 16.4 Å². The number of carbonyl (C=O) groups is 1. The minimum absolute atomic E-state index is 0.0512. The Bertz CT molecular complexity index is 1200. The summed E-state index contributed by atoms with van der Waals surface area (Å²) in [6.07, 6.45) is 0. The lowest BCUT2D eigenvalue weighted by molar-refractivity contribution is -0.118. The van der Waals surface area contributed by atoms with E-state index in [4.69, 9.17) is 21.1 Å². The Morgan fingerprint density at radius 3 is 2.30 bits per heavy atom. The van der Waals surface area contributed by atoms with E-state index in [-0.39, 0.29) is 15.7 Å². The van der Waals surface area contributed by atoms with Gasteiger partial charge in [-0.15, -0.1) is 0 Å². The summed E-state index contributed by atoms with van der Waals surface area (Å²) in [6.45, 7) is 3.68. The van der Waals surface area contributed by atoms with Crippen LogP contribution in [0.15, 0.2) is 77.7 Å². The first-order valence-corrected chi connectivity index (χ1v) is 12.2. The molecule has 0 saturated carbocycles. The summed E-state index contributed by atoms with van der Waals surface area (Å²) < 4.78 is 38.7. The van der Waals surface area contributed by atoms with Crippen LogP contribution in [0.5, 0.6) is 17.2 Å². The van der Waals surface area contributed by atoms with Crippen LogP contribution in [0.4, 0.5) is 5.69 Å². The summed E-state index contributed by atoms with van der Waals surface area (Å²) in [6, 6.07) is 20.5. The maximum atomic E-state index is 13.0. The molecule has 1 amide bonds. The highest BCUT2D eigenvalue weighted by molar-refractivity contribution is 7.89. The van der Waals surface area contributed by atoms with E-state index >= 15 is 0 Å². The zero-order valence-electron chi connectivity index (χ0n) is 18.3. The molecular weight excluding hydrogens is 464 g/mol. The van der Waals surface area contributed by atoms with Gasteiger partial charge in [0.05, 0.1) is 5.69 Å². The smallest absolute Gasteiger partial charge is 0.262 e. The first kappa shape index (κ1) is 24.6. The summed E-state index contributed by atoms with van der Waals surface area (Å²) in [4.78, 5) is 12.5. The SMILES string of the molecule is CCN(CC)S(=O)(=O)c1cc(Cl)ccc1OCC(=O)Nc1ccccc1Oc1ccccc1. The van der Waals surface area contributed by atoms with E-state index in [1.165, 1.54) is 22.5 Å². The van der Waals surface area contributed by atoms with Gasteiger partial charge in [-0.25, -0.2) is 8.42 Å². The van der Waals surface area contributed by atoms with E-state index in [1.807, 2.05) is 18.2 Å². The number of nitrogens with one attached hydrogen (secondary N) is 1. The number of para-hydroxylation sites is 3. The molecular formula is C24H25ClN2O5S. The molecule has 0 bridgehead atoms. The number of amides is 1. The Labute approximate surface area is 198 Å². The fourth-order valence-electron chi connectivity index (χ4n) is 3.11. The lowest BCUT2D eigenvalue weighted by Gasteiger charge is -2.20. The number of ether oxygens (including phenoxy) is 2. The van der Waals surface area contributed by atoms with Crippen molar-refractivity contribution < 1.29 is 22.7 Å². The van der Waals surface area contributed by atoms with Gasteiger partial charge < -0.3 is 14.8 Å². The van der Waals surface area contributed by atoms with Crippen LogP contribution in [-0.2, 0) is 14.8 Å². The molecule has 7 nitrogen and oxygen atoms in total. The second-order valence-corrected chi connectivity index (χ2v) is 9.27. The number of nitrogens with zero attached hydrogens (tertiary/aromatic N) is 1. The van der Waals surface area contributed by atoms with Crippen LogP contribution in [0.2, 0.25) is 5.02 Å². The van der Waals surface area contributed by atoms with Crippen LogP contribution >= 0.6 is 11.6 Å². The fraction of sp³-hybridized carbons (Fsp3) is 0.208. The van der Waals surface area contributed by atoms with Crippen molar-refractivity contribution in [1.82, 2.24) is 4.31 Å². The van der Waals surface area contributed by atoms with Gasteiger partial charge in [-0.2, -0.15) is 4.31 Å². The standard InChI is InChI=1S/C24H25ClN2O5S/c1-3-27(4-2)33(29,30)23-16-18(25)14-15-22(23)31-17-24(28)26-20-12-8-9-13-21(20)32-19-10-6-5-7-11-19/h5-16H,3-4,17H2,1-2H3,(H,26,28). The van der Waals surface area contributed by atoms with Crippen molar-refractivity contribution in [2.75, 3.05) is 25.0 Å². The van der Waals surface area contributed by atoms with E-state index in [9.17, 15) is 13.2 Å². The third-order valence-electron chi connectivity index (χ3n) is 4.72. The van der Waals surface area contributed by atoms with Crippen molar-refractivity contribution in [1.29, 1.82) is 0 Å². The van der Waals surface area contributed by atoms with E-state index in [1.54, 1.807) is 50.2 Å². The van der Waals surface area contributed by atoms with Crippen LogP contribution in [0, 0.1) is 0 Å². The molecule has 33 heavy (non-hydrogen) atoms. The van der Waals surface area contributed by atoms with E-state index < -0.39 is 22.5 Å². The number of hydrogen-bond donors (Lipinski definition) is 1. The molecule has 3 aromatic rings. The van der Waals surface area contributed by atoms with Crippen molar-refractivity contribution in [3.05, 3.63) is 77.8 Å². The normalized spacial score (nSPS) is 11.3. The average molecular weight is 489 g/mol. The molecule has 0 fully saturated rings. The van der Waals surface area contributed by atoms with E-state index in [0.717, 1.165) is 0 Å². The summed E-state index contributed by atoms with van der Waals surface area (Å²) in [7, 11) is -3.83. The second kappa shape index (κ2) is 11.2. The Balaban J connectivity index is 1.74. The van der Waals surface area contributed by atoms with Gasteiger partial charge in [0.25, 0.3) is 5.91 Å². The van der Waals surface area contributed by atoms with Crippen LogP contribution in [-0.4, -0.2) is 38.3 Å². The monoisotopic (exact) mass is 488 g/mol. The van der Waals surface area contributed by atoms with Gasteiger partial charge in [0.15, 0.2) is 12.4 Å². The molecule has 9 heteroatoms. The number of sulfonamides is 1. The van der Waals surface area contributed by atoms with Crippen molar-refractivity contribution in [3.8, 4) is 17.2 Å². The Morgan fingerprint density at radius 2 is 1.61 bits per heavy atom. The maximum Gasteiger partial charge on any atom is 0.262 e. The number of benzene rings is 3. The van der Waals surface area contributed by atoms with Gasteiger partial charge in [0.2, 0.25) is 10.0 Å². The fourth-order valence-corrected chi connectivity index (χ4v) is 4.96. The zero-order chi connectivity index (χ0) is 23.8. The maximum absolute atomic E-state index is 13.0. The first-order valence-electron chi connectivity index (χ1n) is 10.4. The van der Waals surface area contributed by atoms with Crippen LogP contribution in [0.1, 0.15) is 13.8 Å². The first-order chi connectivity index (χ1) is 15.8. The lowest BCUT2D eigenvalue weighted by Crippen LogP contribution is -2.31. The second-order valence-electron chi connectivity index (χ2n) is 6.93. The van der Waals surface area contributed by atoms with Crippen LogP contribution in [0.25, 0.3) is 0 Å². The lowest BCUT2D eigenvalue weighted by atomic mass is 10.3. The number of anilines is 1. The highest BCUT2D eigenvalue weighted by Crippen LogP contribution is 2.31. The third-order valence-corrected chi connectivity index (χ3v) is 7.03. The minimum atomic E-state index is -3.83. The molecule has 0 aromatic heterocycles. The molecule has 0 heterocycles. The molecule has 0 radical (unpaired) electrons. The predicted octanol–water partition coefficient (Wildman–Crippen LogP) is 5.18. The van der Waals surface area contributed by atoms with Crippen molar-refractivity contribution in [2.24, 2.45) is 0 Å². The summed E-state index contributed by atoms with van der Waals surface area (Å²) in [5.74, 6) is 0.673. The number of hydrogen-bond acceptors (Lipinski definition) is 5. The topological polar surface area (TPSA) is 84.9 Å². The van der Waals surface area contributed by atoms with Gasteiger partial charge in [-0.1, -0.05) is 55.8 Å². The quantitative estimate of drug-likeness (QED) is 0.425. The zero-order valence-corrected chi connectivity index (χ0v) is 19.9. The molecule has 0 unspecified atom stereocenters. The molecule has 174 valence electrons. The van der Waals surface area contributed by atoms with E-state index in [2.05, 4.69) is 5.32 Å². The predicted molar refractivity (Wildman–Crippen MR) is 129 cm³/mol. The summed E-state index contributed by atoms with van der Waals surface area (Å²) >= 11 is 6.04. The highest BCUT2D eigenvalue weighted by atomic mass is 35.5. The third kappa shape index (κ3) is 6.25. The molecule has 0 atom stereocenters. The highest BCUT2D eigenvalue weighted by Gasteiger charge is 2.26.